The zero-order valence-corrected chi connectivity index (χ0v) is 14.1. The highest BCUT2D eigenvalue weighted by Gasteiger charge is 2.25. The predicted octanol–water partition coefficient (Wildman–Crippen LogP) is 1.36. The molecule has 7 heteroatoms. The number of aromatic nitrogens is 2. The molecule has 7 nitrogen and oxygen atoms in total. The highest BCUT2D eigenvalue weighted by atomic mass is 16.5. The van der Waals surface area contributed by atoms with E-state index in [1.165, 1.54) is 0 Å². The first-order valence-electron chi connectivity index (χ1n) is 8.18. The molecule has 2 heterocycles. The van der Waals surface area contributed by atoms with Crippen LogP contribution in [0.4, 0.5) is 0 Å². The van der Waals surface area contributed by atoms with Crippen molar-refractivity contribution in [3.8, 4) is 0 Å². The van der Waals surface area contributed by atoms with Crippen molar-refractivity contribution in [1.82, 2.24) is 19.9 Å². The van der Waals surface area contributed by atoms with E-state index in [-0.39, 0.29) is 11.9 Å². The van der Waals surface area contributed by atoms with Crippen LogP contribution in [-0.2, 0) is 6.54 Å². The molecule has 0 unspecified atom stereocenters. The Morgan fingerprint density at radius 1 is 1.33 bits per heavy atom. The SMILES string of the molecule is Cc1noc([C@@H](C)N2CCN(Cc3cccc(C(N)=O)c3)CC2)n1. The first-order chi connectivity index (χ1) is 11.5. The van der Waals surface area contributed by atoms with Crippen LogP contribution < -0.4 is 5.73 Å². The maximum Gasteiger partial charge on any atom is 0.248 e. The molecule has 1 saturated heterocycles. The van der Waals surface area contributed by atoms with Gasteiger partial charge in [0.25, 0.3) is 0 Å². The van der Waals surface area contributed by atoms with Gasteiger partial charge in [0.2, 0.25) is 11.8 Å². The van der Waals surface area contributed by atoms with Crippen molar-refractivity contribution in [2.24, 2.45) is 5.73 Å². The Morgan fingerprint density at radius 3 is 2.71 bits per heavy atom. The van der Waals surface area contributed by atoms with Gasteiger partial charge in [-0.2, -0.15) is 4.98 Å². The van der Waals surface area contributed by atoms with E-state index in [0.29, 0.717) is 17.3 Å². The number of benzene rings is 1. The molecule has 2 N–H and O–H groups in total. The first-order valence-corrected chi connectivity index (χ1v) is 8.18. The van der Waals surface area contributed by atoms with Crippen molar-refractivity contribution in [2.75, 3.05) is 26.2 Å². The minimum Gasteiger partial charge on any atom is -0.366 e. The molecule has 1 aliphatic rings. The van der Waals surface area contributed by atoms with Crippen molar-refractivity contribution in [3.63, 3.8) is 0 Å². The van der Waals surface area contributed by atoms with Crippen molar-refractivity contribution < 1.29 is 9.32 Å². The molecule has 0 saturated carbocycles. The topological polar surface area (TPSA) is 88.5 Å². The van der Waals surface area contributed by atoms with Crippen LogP contribution >= 0.6 is 0 Å². The van der Waals surface area contributed by atoms with Gasteiger partial charge in [0, 0.05) is 38.3 Å². The van der Waals surface area contributed by atoms with Gasteiger partial charge < -0.3 is 10.3 Å². The molecular weight excluding hydrogens is 306 g/mol. The molecule has 0 radical (unpaired) electrons. The summed E-state index contributed by atoms with van der Waals surface area (Å²) in [5, 5.41) is 3.86. The highest BCUT2D eigenvalue weighted by molar-refractivity contribution is 5.92. The van der Waals surface area contributed by atoms with Crippen LogP contribution in [0.15, 0.2) is 28.8 Å². The van der Waals surface area contributed by atoms with Gasteiger partial charge in [-0.25, -0.2) is 0 Å². The standard InChI is InChI=1S/C17H23N5O2/c1-12(17-19-13(2)20-24-17)22-8-6-21(7-9-22)11-14-4-3-5-15(10-14)16(18)23/h3-5,10,12H,6-9,11H2,1-2H3,(H2,18,23)/t12-/m1/s1. The summed E-state index contributed by atoms with van der Waals surface area (Å²) < 4.78 is 5.28. The predicted molar refractivity (Wildman–Crippen MR) is 89.3 cm³/mol. The molecule has 0 aliphatic carbocycles. The monoisotopic (exact) mass is 329 g/mol. The van der Waals surface area contributed by atoms with E-state index in [0.717, 1.165) is 38.3 Å². The number of amides is 1. The van der Waals surface area contributed by atoms with E-state index in [2.05, 4.69) is 26.9 Å². The molecule has 1 fully saturated rings. The second kappa shape index (κ2) is 7.11. The summed E-state index contributed by atoms with van der Waals surface area (Å²) in [4.78, 5) is 20.3. The number of carbonyl (C=O) groups is 1. The van der Waals surface area contributed by atoms with Gasteiger partial charge in [-0.05, 0) is 31.5 Å². The molecule has 128 valence electrons. The molecule has 1 aliphatic heterocycles. The number of rotatable bonds is 5. The van der Waals surface area contributed by atoms with E-state index < -0.39 is 0 Å². The summed E-state index contributed by atoms with van der Waals surface area (Å²) in [6.07, 6.45) is 0. The number of nitrogens with two attached hydrogens (primary N) is 1. The Morgan fingerprint density at radius 2 is 2.08 bits per heavy atom. The molecule has 1 amide bonds. The fraction of sp³-hybridized carbons (Fsp3) is 0.471. The second-order valence-electron chi connectivity index (χ2n) is 6.23. The Hall–Kier alpha value is -2.25. The van der Waals surface area contributed by atoms with Crippen LogP contribution in [-0.4, -0.2) is 52.0 Å². The smallest absolute Gasteiger partial charge is 0.248 e. The number of hydrogen-bond donors (Lipinski definition) is 1. The molecule has 0 spiro atoms. The normalized spacial score (nSPS) is 17.8. The Balaban J connectivity index is 1.55. The maximum absolute atomic E-state index is 11.3. The Kier molecular flexibility index (Phi) is 4.92. The zero-order chi connectivity index (χ0) is 17.1. The van der Waals surface area contributed by atoms with E-state index in [1.807, 2.05) is 25.1 Å². The van der Waals surface area contributed by atoms with Crippen molar-refractivity contribution in [2.45, 2.75) is 26.4 Å². The summed E-state index contributed by atoms with van der Waals surface area (Å²) in [6, 6.07) is 7.66. The lowest BCUT2D eigenvalue weighted by Crippen LogP contribution is -2.46. The van der Waals surface area contributed by atoms with Crippen molar-refractivity contribution in [1.29, 1.82) is 0 Å². The molecule has 3 rings (SSSR count). The van der Waals surface area contributed by atoms with Crippen LogP contribution in [0.25, 0.3) is 0 Å². The summed E-state index contributed by atoms with van der Waals surface area (Å²) in [7, 11) is 0. The molecule has 2 aromatic rings. The number of piperazine rings is 1. The molecule has 0 bridgehead atoms. The number of hydrogen-bond acceptors (Lipinski definition) is 6. The van der Waals surface area contributed by atoms with Crippen LogP contribution in [0.2, 0.25) is 0 Å². The molecule has 1 atom stereocenters. The van der Waals surface area contributed by atoms with Gasteiger partial charge in [-0.3, -0.25) is 14.6 Å². The molecule has 24 heavy (non-hydrogen) atoms. The third kappa shape index (κ3) is 3.80. The van der Waals surface area contributed by atoms with E-state index in [4.69, 9.17) is 10.3 Å². The van der Waals surface area contributed by atoms with E-state index in [9.17, 15) is 4.79 Å². The number of aryl methyl sites for hydroxylation is 1. The number of nitrogens with zero attached hydrogens (tertiary/aromatic N) is 4. The quantitative estimate of drug-likeness (QED) is 0.891. The van der Waals surface area contributed by atoms with E-state index >= 15 is 0 Å². The van der Waals surface area contributed by atoms with Crippen LogP contribution in [0.3, 0.4) is 0 Å². The molecule has 1 aromatic heterocycles. The summed E-state index contributed by atoms with van der Waals surface area (Å²) >= 11 is 0. The van der Waals surface area contributed by atoms with Crippen molar-refractivity contribution in [3.05, 3.63) is 47.1 Å². The summed E-state index contributed by atoms with van der Waals surface area (Å²) in [5.41, 5.74) is 7.02. The van der Waals surface area contributed by atoms with Gasteiger partial charge in [-0.15, -0.1) is 0 Å². The lowest BCUT2D eigenvalue weighted by atomic mass is 10.1. The van der Waals surface area contributed by atoms with Gasteiger partial charge >= 0.3 is 0 Å². The lowest BCUT2D eigenvalue weighted by molar-refractivity contribution is 0.0845. The third-order valence-corrected chi connectivity index (χ3v) is 4.47. The average molecular weight is 329 g/mol. The second-order valence-corrected chi connectivity index (χ2v) is 6.23. The maximum atomic E-state index is 11.3. The van der Waals surface area contributed by atoms with Gasteiger partial charge in [-0.1, -0.05) is 17.3 Å². The van der Waals surface area contributed by atoms with Gasteiger partial charge in [0.1, 0.15) is 0 Å². The number of carbonyl (C=O) groups excluding carboxylic acids is 1. The number of primary amides is 1. The Bertz CT molecular complexity index is 707. The summed E-state index contributed by atoms with van der Waals surface area (Å²) in [5.74, 6) is 0.963. The van der Waals surface area contributed by atoms with Gasteiger partial charge in [0.05, 0.1) is 6.04 Å². The lowest BCUT2D eigenvalue weighted by Gasteiger charge is -2.36. The van der Waals surface area contributed by atoms with E-state index in [1.54, 1.807) is 6.07 Å². The fourth-order valence-corrected chi connectivity index (χ4v) is 3.03. The minimum absolute atomic E-state index is 0.131. The summed E-state index contributed by atoms with van der Waals surface area (Å²) in [6.45, 7) is 8.55. The molecular formula is C17H23N5O2. The van der Waals surface area contributed by atoms with Crippen molar-refractivity contribution >= 4 is 5.91 Å². The van der Waals surface area contributed by atoms with Gasteiger partial charge in [0.15, 0.2) is 5.82 Å². The average Bonchev–Trinajstić information content (AvgIpc) is 3.01. The molecule has 1 aromatic carbocycles. The minimum atomic E-state index is -0.384. The Labute approximate surface area is 141 Å². The third-order valence-electron chi connectivity index (χ3n) is 4.47. The van der Waals surface area contributed by atoms with Crippen LogP contribution in [0.5, 0.6) is 0 Å². The van der Waals surface area contributed by atoms with Crippen LogP contribution in [0, 0.1) is 6.92 Å². The fourth-order valence-electron chi connectivity index (χ4n) is 3.03. The van der Waals surface area contributed by atoms with Crippen LogP contribution in [0.1, 0.15) is 40.6 Å². The zero-order valence-electron chi connectivity index (χ0n) is 14.1. The largest absolute Gasteiger partial charge is 0.366 e. The highest BCUT2D eigenvalue weighted by Crippen LogP contribution is 2.20. The first kappa shape index (κ1) is 16.6.